The minimum absolute atomic E-state index is 0.0511. The van der Waals surface area contributed by atoms with Gasteiger partial charge in [0.05, 0.1) is 5.69 Å². The maximum absolute atomic E-state index is 11.2. The van der Waals surface area contributed by atoms with Gasteiger partial charge in [0.15, 0.2) is 0 Å². The fourth-order valence-corrected chi connectivity index (χ4v) is 2.22. The van der Waals surface area contributed by atoms with Crippen molar-refractivity contribution in [2.45, 2.75) is 12.2 Å². The average molecular weight is 252 g/mol. The van der Waals surface area contributed by atoms with E-state index in [9.17, 15) is 4.79 Å². The van der Waals surface area contributed by atoms with Gasteiger partial charge in [-0.05, 0) is 6.07 Å². The van der Waals surface area contributed by atoms with Crippen LogP contribution >= 0.6 is 0 Å². The van der Waals surface area contributed by atoms with Crippen LogP contribution in [0.3, 0.4) is 0 Å². The van der Waals surface area contributed by atoms with Gasteiger partial charge in [-0.25, -0.2) is 4.79 Å². The van der Waals surface area contributed by atoms with Crippen molar-refractivity contribution in [1.29, 1.82) is 0 Å². The van der Waals surface area contributed by atoms with Gasteiger partial charge in [-0.1, -0.05) is 0 Å². The van der Waals surface area contributed by atoms with Crippen LogP contribution in [0.4, 0.5) is 5.69 Å². The minimum Gasteiger partial charge on any atom is -0.478 e. The third-order valence-electron chi connectivity index (χ3n) is 3.19. The second-order valence-corrected chi connectivity index (χ2v) is 4.15. The highest BCUT2D eigenvalue weighted by molar-refractivity contribution is 5.94. The molecule has 98 valence electrons. The number of carboxylic acids is 1. The Morgan fingerprint density at radius 3 is 2.50 bits per heavy atom. The van der Waals surface area contributed by atoms with E-state index in [2.05, 4.69) is 4.98 Å². The molecule has 1 N–H and O–H groups in total. The van der Waals surface area contributed by atoms with E-state index < -0.39 is 5.97 Å². The maximum Gasteiger partial charge on any atom is 0.339 e. The molecule has 18 heavy (non-hydrogen) atoms. The van der Waals surface area contributed by atoms with E-state index in [4.69, 9.17) is 14.6 Å². The normalized spacial score (nSPS) is 23.3. The Labute approximate surface area is 105 Å². The lowest BCUT2D eigenvalue weighted by Gasteiger charge is -2.19. The monoisotopic (exact) mass is 252 g/mol. The molecule has 1 saturated heterocycles. The van der Waals surface area contributed by atoms with Crippen molar-refractivity contribution >= 4 is 11.7 Å². The Bertz CT molecular complexity index is 426. The number of pyridine rings is 1. The summed E-state index contributed by atoms with van der Waals surface area (Å²) in [5.41, 5.74) is 0.850. The number of ether oxygens (including phenoxy) is 2. The fourth-order valence-electron chi connectivity index (χ4n) is 2.22. The summed E-state index contributed by atoms with van der Waals surface area (Å²) in [5.74, 6) is -0.979. The van der Waals surface area contributed by atoms with Crippen LogP contribution in [0.5, 0.6) is 0 Å². The lowest BCUT2D eigenvalue weighted by Crippen LogP contribution is -2.27. The third kappa shape index (κ3) is 2.30. The first-order chi connectivity index (χ1) is 8.67. The molecule has 1 fully saturated rings. The maximum atomic E-state index is 11.2. The van der Waals surface area contributed by atoms with Gasteiger partial charge in [0.2, 0.25) is 0 Å². The third-order valence-corrected chi connectivity index (χ3v) is 3.19. The van der Waals surface area contributed by atoms with Crippen LogP contribution in [0.2, 0.25) is 0 Å². The number of anilines is 1. The second-order valence-electron chi connectivity index (χ2n) is 4.15. The first-order valence-corrected chi connectivity index (χ1v) is 5.65. The quantitative estimate of drug-likeness (QED) is 0.847. The Morgan fingerprint density at radius 2 is 2.00 bits per heavy atom. The van der Waals surface area contributed by atoms with Gasteiger partial charge >= 0.3 is 5.97 Å². The standard InChI is InChI=1S/C12H16N2O4/c1-17-10-6-14(7-11(10)18-2)9-3-4-13-5-8(9)12(15)16/h3-5,10-11H,6-7H2,1-2H3,(H,15,16). The van der Waals surface area contributed by atoms with E-state index >= 15 is 0 Å². The van der Waals surface area contributed by atoms with Crippen molar-refractivity contribution in [3.63, 3.8) is 0 Å². The molecule has 1 aromatic rings. The predicted molar refractivity (Wildman–Crippen MR) is 65.0 cm³/mol. The van der Waals surface area contributed by atoms with E-state index in [0.29, 0.717) is 18.8 Å². The smallest absolute Gasteiger partial charge is 0.339 e. The van der Waals surface area contributed by atoms with Gasteiger partial charge in [0.1, 0.15) is 17.8 Å². The highest BCUT2D eigenvalue weighted by atomic mass is 16.5. The number of nitrogens with zero attached hydrogens (tertiary/aromatic N) is 2. The molecule has 0 radical (unpaired) electrons. The van der Waals surface area contributed by atoms with Crippen LogP contribution in [0.15, 0.2) is 18.5 Å². The topological polar surface area (TPSA) is 71.9 Å². The van der Waals surface area contributed by atoms with Crippen molar-refractivity contribution < 1.29 is 19.4 Å². The van der Waals surface area contributed by atoms with E-state index in [1.165, 1.54) is 6.20 Å². The highest BCUT2D eigenvalue weighted by Gasteiger charge is 2.34. The summed E-state index contributed by atoms with van der Waals surface area (Å²) in [6.07, 6.45) is 2.85. The average Bonchev–Trinajstić information content (AvgIpc) is 2.81. The molecule has 0 aliphatic carbocycles. The van der Waals surface area contributed by atoms with E-state index in [1.54, 1.807) is 26.5 Å². The lowest BCUT2D eigenvalue weighted by atomic mass is 10.2. The van der Waals surface area contributed by atoms with Crippen LogP contribution in [0.25, 0.3) is 0 Å². The molecule has 1 aliphatic heterocycles. The number of aromatic carboxylic acids is 1. The summed E-state index contributed by atoms with van der Waals surface area (Å²) in [5, 5.41) is 9.14. The molecule has 0 bridgehead atoms. The first-order valence-electron chi connectivity index (χ1n) is 5.65. The van der Waals surface area contributed by atoms with Gasteiger partial charge in [0, 0.05) is 39.7 Å². The molecule has 0 aromatic carbocycles. The molecular weight excluding hydrogens is 236 g/mol. The Kier molecular flexibility index (Phi) is 3.78. The fraction of sp³-hybridized carbons (Fsp3) is 0.500. The predicted octanol–water partition coefficient (Wildman–Crippen LogP) is 0.630. The number of hydrogen-bond donors (Lipinski definition) is 1. The number of carbonyl (C=O) groups is 1. The van der Waals surface area contributed by atoms with Crippen molar-refractivity contribution in [3.8, 4) is 0 Å². The van der Waals surface area contributed by atoms with Crippen molar-refractivity contribution in [3.05, 3.63) is 24.0 Å². The Balaban J connectivity index is 2.26. The number of hydrogen-bond acceptors (Lipinski definition) is 5. The Morgan fingerprint density at radius 1 is 1.39 bits per heavy atom. The summed E-state index contributed by atoms with van der Waals surface area (Å²) in [6, 6.07) is 1.70. The molecule has 1 aliphatic rings. The number of carboxylic acid groups (broad SMARTS) is 1. The van der Waals surface area contributed by atoms with Gasteiger partial charge in [-0.15, -0.1) is 0 Å². The zero-order valence-corrected chi connectivity index (χ0v) is 10.4. The van der Waals surface area contributed by atoms with E-state index in [1.807, 2.05) is 4.90 Å². The molecule has 0 amide bonds. The number of rotatable bonds is 4. The largest absolute Gasteiger partial charge is 0.478 e. The molecule has 2 rings (SSSR count). The molecule has 6 heteroatoms. The van der Waals surface area contributed by atoms with Crippen molar-refractivity contribution in [1.82, 2.24) is 4.98 Å². The van der Waals surface area contributed by atoms with Crippen molar-refractivity contribution in [2.24, 2.45) is 0 Å². The molecule has 0 spiro atoms. The van der Waals surface area contributed by atoms with Crippen molar-refractivity contribution in [2.75, 3.05) is 32.2 Å². The first kappa shape index (κ1) is 12.8. The summed E-state index contributed by atoms with van der Waals surface area (Å²) >= 11 is 0. The molecule has 2 unspecified atom stereocenters. The van der Waals surface area contributed by atoms with Crippen LogP contribution in [0.1, 0.15) is 10.4 Å². The lowest BCUT2D eigenvalue weighted by molar-refractivity contribution is -0.00461. The zero-order valence-electron chi connectivity index (χ0n) is 10.4. The van der Waals surface area contributed by atoms with Crippen LogP contribution in [-0.4, -0.2) is 55.6 Å². The van der Waals surface area contributed by atoms with Crippen LogP contribution in [0, 0.1) is 0 Å². The van der Waals surface area contributed by atoms with Gasteiger partial charge in [-0.2, -0.15) is 0 Å². The minimum atomic E-state index is -0.979. The number of methoxy groups -OCH3 is 2. The SMILES string of the molecule is COC1CN(c2ccncc2C(=O)O)CC1OC. The van der Waals surface area contributed by atoms with Gasteiger partial charge in [-0.3, -0.25) is 4.98 Å². The van der Waals surface area contributed by atoms with Crippen LogP contribution in [-0.2, 0) is 9.47 Å². The van der Waals surface area contributed by atoms with Gasteiger partial charge in [0.25, 0.3) is 0 Å². The summed E-state index contributed by atoms with van der Waals surface area (Å²) in [6.45, 7) is 1.22. The Hall–Kier alpha value is -1.66. The number of aromatic nitrogens is 1. The molecule has 2 heterocycles. The van der Waals surface area contributed by atoms with E-state index in [-0.39, 0.29) is 17.8 Å². The van der Waals surface area contributed by atoms with E-state index in [0.717, 1.165) is 0 Å². The van der Waals surface area contributed by atoms with Crippen LogP contribution < -0.4 is 4.90 Å². The molecule has 2 atom stereocenters. The second kappa shape index (κ2) is 5.32. The van der Waals surface area contributed by atoms with Gasteiger partial charge < -0.3 is 19.5 Å². The molecular formula is C12H16N2O4. The highest BCUT2D eigenvalue weighted by Crippen LogP contribution is 2.26. The summed E-state index contributed by atoms with van der Waals surface area (Å²) < 4.78 is 10.7. The molecule has 6 nitrogen and oxygen atoms in total. The summed E-state index contributed by atoms with van der Waals surface area (Å²) in [4.78, 5) is 16.9. The summed E-state index contributed by atoms with van der Waals surface area (Å²) in [7, 11) is 3.26. The molecule has 1 aromatic heterocycles. The molecule has 0 saturated carbocycles. The zero-order chi connectivity index (χ0) is 13.1.